The summed E-state index contributed by atoms with van der Waals surface area (Å²) in [5, 5.41) is 6.70. The molecule has 0 atom stereocenters. The standard InChI is InChI=1S/C20H27N3O2.HI/c1-16(2)15-23-20(22-13-11-18-8-6-14-25-18)21-12-10-17-7-4-5-9-19(17)24-3;/h4-9,14H,1,10-13,15H2,2-3H3,(H2,21,22,23);1H. The van der Waals surface area contributed by atoms with Gasteiger partial charge in [-0.25, -0.2) is 4.99 Å². The van der Waals surface area contributed by atoms with E-state index in [1.54, 1.807) is 13.4 Å². The lowest BCUT2D eigenvalue weighted by Gasteiger charge is -2.13. The third-order valence-corrected chi connectivity index (χ3v) is 3.63. The van der Waals surface area contributed by atoms with E-state index in [0.717, 1.165) is 49.0 Å². The zero-order valence-electron chi connectivity index (χ0n) is 15.5. The number of ether oxygens (including phenoxy) is 1. The number of rotatable bonds is 9. The lowest BCUT2D eigenvalue weighted by atomic mass is 10.1. The van der Waals surface area contributed by atoms with Crippen molar-refractivity contribution in [2.45, 2.75) is 19.8 Å². The maximum Gasteiger partial charge on any atom is 0.191 e. The topological polar surface area (TPSA) is 58.8 Å². The Balaban J connectivity index is 0.00000338. The first-order valence-corrected chi connectivity index (χ1v) is 8.50. The van der Waals surface area contributed by atoms with Crippen molar-refractivity contribution in [2.75, 3.05) is 26.7 Å². The molecule has 26 heavy (non-hydrogen) atoms. The van der Waals surface area contributed by atoms with E-state index in [9.17, 15) is 0 Å². The highest BCUT2D eigenvalue weighted by atomic mass is 127. The maximum absolute atomic E-state index is 5.39. The van der Waals surface area contributed by atoms with Gasteiger partial charge in [-0.1, -0.05) is 30.4 Å². The highest BCUT2D eigenvalue weighted by Gasteiger charge is 2.03. The molecule has 0 aliphatic rings. The molecular formula is C20H28IN3O2. The van der Waals surface area contributed by atoms with Gasteiger partial charge in [0.25, 0.3) is 0 Å². The normalized spacial score (nSPS) is 10.8. The summed E-state index contributed by atoms with van der Waals surface area (Å²) in [5.74, 6) is 2.65. The van der Waals surface area contributed by atoms with E-state index in [0.29, 0.717) is 6.54 Å². The highest BCUT2D eigenvalue weighted by molar-refractivity contribution is 14.0. The second-order valence-electron chi connectivity index (χ2n) is 5.87. The molecule has 142 valence electrons. The number of guanidine groups is 1. The van der Waals surface area contributed by atoms with Crippen molar-refractivity contribution in [3.8, 4) is 5.75 Å². The molecule has 0 aliphatic heterocycles. The van der Waals surface area contributed by atoms with Crippen molar-refractivity contribution in [3.63, 3.8) is 0 Å². The van der Waals surface area contributed by atoms with Gasteiger partial charge in [0.1, 0.15) is 11.5 Å². The molecule has 0 unspecified atom stereocenters. The minimum absolute atomic E-state index is 0. The molecule has 0 spiro atoms. The molecule has 2 N–H and O–H groups in total. The van der Waals surface area contributed by atoms with Crippen molar-refractivity contribution in [1.82, 2.24) is 10.6 Å². The van der Waals surface area contributed by atoms with E-state index in [4.69, 9.17) is 9.15 Å². The van der Waals surface area contributed by atoms with Crippen LogP contribution in [0.3, 0.4) is 0 Å². The third kappa shape index (κ3) is 7.95. The van der Waals surface area contributed by atoms with E-state index in [-0.39, 0.29) is 24.0 Å². The fraction of sp³-hybridized carbons (Fsp3) is 0.350. The zero-order valence-corrected chi connectivity index (χ0v) is 17.8. The first-order valence-electron chi connectivity index (χ1n) is 8.50. The molecule has 6 heteroatoms. The van der Waals surface area contributed by atoms with Crippen LogP contribution in [0.5, 0.6) is 5.75 Å². The SMILES string of the molecule is C=C(C)CN=C(NCCc1ccco1)NCCc1ccccc1OC.I. The van der Waals surface area contributed by atoms with Crippen LogP contribution in [0.15, 0.2) is 64.2 Å². The van der Waals surface area contributed by atoms with Gasteiger partial charge in [-0.3, -0.25) is 0 Å². The second-order valence-corrected chi connectivity index (χ2v) is 5.87. The Morgan fingerprint density at radius 1 is 1.12 bits per heavy atom. The van der Waals surface area contributed by atoms with Crippen LogP contribution < -0.4 is 15.4 Å². The van der Waals surface area contributed by atoms with E-state index in [2.05, 4.69) is 28.3 Å². The average Bonchev–Trinajstić information content (AvgIpc) is 3.13. The van der Waals surface area contributed by atoms with E-state index in [1.165, 1.54) is 5.56 Å². The predicted octanol–water partition coefficient (Wildman–Crippen LogP) is 3.80. The van der Waals surface area contributed by atoms with Crippen LogP contribution in [0.4, 0.5) is 0 Å². The molecule has 0 aliphatic carbocycles. The third-order valence-electron chi connectivity index (χ3n) is 3.63. The Bertz CT molecular complexity index is 684. The monoisotopic (exact) mass is 469 g/mol. The number of hydrogen-bond donors (Lipinski definition) is 2. The molecular weight excluding hydrogens is 441 g/mol. The minimum atomic E-state index is 0. The van der Waals surface area contributed by atoms with Gasteiger partial charge in [0.15, 0.2) is 5.96 Å². The average molecular weight is 469 g/mol. The number of aliphatic imine (C=N–C) groups is 1. The van der Waals surface area contributed by atoms with Gasteiger partial charge >= 0.3 is 0 Å². The van der Waals surface area contributed by atoms with Gasteiger partial charge in [0.2, 0.25) is 0 Å². The predicted molar refractivity (Wildman–Crippen MR) is 118 cm³/mol. The molecule has 0 saturated heterocycles. The van der Waals surface area contributed by atoms with Crippen LogP contribution >= 0.6 is 24.0 Å². The van der Waals surface area contributed by atoms with Crippen LogP contribution in [0.2, 0.25) is 0 Å². The van der Waals surface area contributed by atoms with Crippen LogP contribution in [-0.4, -0.2) is 32.7 Å². The smallest absolute Gasteiger partial charge is 0.191 e. The van der Waals surface area contributed by atoms with E-state index < -0.39 is 0 Å². The van der Waals surface area contributed by atoms with Crippen molar-refractivity contribution in [3.05, 3.63) is 66.1 Å². The summed E-state index contributed by atoms with van der Waals surface area (Å²) < 4.78 is 10.7. The molecule has 0 radical (unpaired) electrons. The Morgan fingerprint density at radius 3 is 2.50 bits per heavy atom. The Hall–Kier alpha value is -1.96. The summed E-state index contributed by atoms with van der Waals surface area (Å²) in [7, 11) is 1.70. The van der Waals surface area contributed by atoms with Gasteiger partial charge in [-0.2, -0.15) is 0 Å². The van der Waals surface area contributed by atoms with E-state index in [1.807, 2.05) is 37.3 Å². The molecule has 1 heterocycles. The van der Waals surface area contributed by atoms with Crippen LogP contribution in [0.25, 0.3) is 0 Å². The lowest BCUT2D eigenvalue weighted by molar-refractivity contribution is 0.409. The second kappa shape index (κ2) is 12.4. The molecule has 0 amide bonds. The largest absolute Gasteiger partial charge is 0.496 e. The number of para-hydroxylation sites is 1. The van der Waals surface area contributed by atoms with Crippen LogP contribution in [0.1, 0.15) is 18.2 Å². The number of nitrogens with one attached hydrogen (secondary N) is 2. The number of halogens is 1. The quantitative estimate of drug-likeness (QED) is 0.254. The fourth-order valence-corrected chi connectivity index (χ4v) is 2.37. The first-order chi connectivity index (χ1) is 12.2. The summed E-state index contributed by atoms with van der Waals surface area (Å²) in [4.78, 5) is 4.55. The molecule has 0 fully saturated rings. The van der Waals surface area contributed by atoms with Crippen LogP contribution in [0, 0.1) is 0 Å². The van der Waals surface area contributed by atoms with Gasteiger partial charge in [0.05, 0.1) is 19.9 Å². The van der Waals surface area contributed by atoms with E-state index >= 15 is 0 Å². The van der Waals surface area contributed by atoms with Crippen molar-refractivity contribution < 1.29 is 9.15 Å². The number of furan rings is 1. The molecule has 1 aromatic carbocycles. The number of benzene rings is 1. The number of nitrogens with zero attached hydrogens (tertiary/aromatic N) is 1. The first kappa shape index (κ1) is 22.1. The summed E-state index contributed by atoms with van der Waals surface area (Å²) in [6.45, 7) is 8.00. The Kier molecular flexibility index (Phi) is 10.5. The molecule has 0 saturated carbocycles. The van der Waals surface area contributed by atoms with Crippen molar-refractivity contribution >= 4 is 29.9 Å². The fourth-order valence-electron chi connectivity index (χ4n) is 2.37. The molecule has 2 aromatic rings. The van der Waals surface area contributed by atoms with Gasteiger partial charge < -0.3 is 19.8 Å². The van der Waals surface area contributed by atoms with Crippen molar-refractivity contribution in [2.24, 2.45) is 4.99 Å². The van der Waals surface area contributed by atoms with Gasteiger partial charge in [-0.15, -0.1) is 24.0 Å². The van der Waals surface area contributed by atoms with Crippen LogP contribution in [-0.2, 0) is 12.8 Å². The highest BCUT2D eigenvalue weighted by Crippen LogP contribution is 2.17. The molecule has 5 nitrogen and oxygen atoms in total. The summed E-state index contributed by atoms with van der Waals surface area (Å²) >= 11 is 0. The van der Waals surface area contributed by atoms with Crippen molar-refractivity contribution in [1.29, 1.82) is 0 Å². The maximum atomic E-state index is 5.39. The summed E-state index contributed by atoms with van der Waals surface area (Å²) in [5.41, 5.74) is 2.20. The molecule has 0 bridgehead atoms. The summed E-state index contributed by atoms with van der Waals surface area (Å²) in [6, 6.07) is 11.9. The van der Waals surface area contributed by atoms with Gasteiger partial charge in [-0.05, 0) is 37.1 Å². The lowest BCUT2D eigenvalue weighted by Crippen LogP contribution is -2.39. The minimum Gasteiger partial charge on any atom is -0.496 e. The summed E-state index contributed by atoms with van der Waals surface area (Å²) in [6.07, 6.45) is 3.36. The molecule has 2 rings (SSSR count). The Morgan fingerprint density at radius 2 is 1.85 bits per heavy atom. The zero-order chi connectivity index (χ0) is 17.9. The Labute approximate surface area is 172 Å². The number of hydrogen-bond acceptors (Lipinski definition) is 3. The van der Waals surface area contributed by atoms with Gasteiger partial charge in [0, 0.05) is 19.5 Å². The molecule has 1 aromatic heterocycles. The number of methoxy groups -OCH3 is 1.